The van der Waals surface area contributed by atoms with Crippen molar-refractivity contribution >= 4 is 40.4 Å². The van der Waals surface area contributed by atoms with Crippen LogP contribution in [0.4, 0.5) is 0 Å². The van der Waals surface area contributed by atoms with Crippen molar-refractivity contribution in [2.45, 2.75) is 45.1 Å². The van der Waals surface area contributed by atoms with Gasteiger partial charge in [-0.15, -0.1) is 22.7 Å². The number of amides is 1. The molecule has 1 saturated heterocycles. The molecule has 6 heteroatoms. The average Bonchev–Trinajstić information content (AvgIpc) is 3.48. The highest BCUT2D eigenvalue weighted by molar-refractivity contribution is 7.11. The summed E-state index contributed by atoms with van der Waals surface area (Å²) < 4.78 is 0. The summed E-state index contributed by atoms with van der Waals surface area (Å²) in [5, 5.41) is 11.1. The summed E-state index contributed by atoms with van der Waals surface area (Å²) in [4.78, 5) is 18.3. The van der Waals surface area contributed by atoms with Gasteiger partial charge in [0.1, 0.15) is 0 Å². The topological polar surface area (TPSA) is 35.9 Å². The Kier molecular flexibility index (Phi) is 5.89. The van der Waals surface area contributed by atoms with Gasteiger partial charge in [-0.3, -0.25) is 9.69 Å². The number of nitrogens with zero attached hydrogens (tertiary/aromatic N) is 3. The van der Waals surface area contributed by atoms with E-state index in [0.29, 0.717) is 18.4 Å². The maximum absolute atomic E-state index is 13.5. The maximum atomic E-state index is 13.5. The lowest BCUT2D eigenvalue weighted by molar-refractivity contribution is -0.135. The first kappa shape index (κ1) is 20.2. The van der Waals surface area contributed by atoms with Crippen LogP contribution < -0.4 is 0 Å². The Hall–Kier alpha value is -1.76. The fraction of sp³-hybridized carbons (Fsp3) is 0.500. The Morgan fingerprint density at radius 3 is 2.83 bits per heavy atom. The lowest BCUT2D eigenvalue weighted by atomic mass is 9.79. The van der Waals surface area contributed by atoms with Crippen molar-refractivity contribution < 1.29 is 4.79 Å². The van der Waals surface area contributed by atoms with Gasteiger partial charge in [0.05, 0.1) is 18.3 Å². The number of allylic oxidation sites excluding steroid dienone is 1. The van der Waals surface area contributed by atoms with Crippen LogP contribution in [0.3, 0.4) is 0 Å². The normalized spacial score (nSPS) is 28.6. The maximum Gasteiger partial charge on any atom is 0.257 e. The molecular formula is C24H29N3OS2. The predicted molar refractivity (Wildman–Crippen MR) is 126 cm³/mol. The first-order valence-electron chi connectivity index (χ1n) is 11.1. The van der Waals surface area contributed by atoms with E-state index in [2.05, 4.69) is 52.9 Å². The van der Waals surface area contributed by atoms with Crippen LogP contribution in [-0.2, 0) is 4.79 Å². The molecule has 4 nitrogen and oxygen atoms in total. The van der Waals surface area contributed by atoms with Gasteiger partial charge in [0, 0.05) is 22.2 Å². The van der Waals surface area contributed by atoms with E-state index in [9.17, 15) is 4.79 Å². The van der Waals surface area contributed by atoms with Crippen molar-refractivity contribution in [2.24, 2.45) is 16.9 Å². The Labute approximate surface area is 186 Å². The predicted octanol–water partition coefficient (Wildman–Crippen LogP) is 5.66. The zero-order chi connectivity index (χ0) is 20.5. The lowest BCUT2D eigenvalue weighted by Crippen LogP contribution is -2.43. The van der Waals surface area contributed by atoms with E-state index in [1.165, 1.54) is 28.2 Å². The third-order valence-corrected chi connectivity index (χ3v) is 8.31. The number of piperidine rings is 1. The minimum absolute atomic E-state index is 0.0572. The molecular weight excluding hydrogens is 410 g/mol. The van der Waals surface area contributed by atoms with Crippen LogP contribution in [0.5, 0.6) is 0 Å². The van der Waals surface area contributed by atoms with E-state index in [-0.39, 0.29) is 11.9 Å². The van der Waals surface area contributed by atoms with Crippen molar-refractivity contribution in [1.29, 1.82) is 0 Å². The van der Waals surface area contributed by atoms with Crippen LogP contribution in [0.15, 0.2) is 45.7 Å². The van der Waals surface area contributed by atoms with Gasteiger partial charge in [0.15, 0.2) is 0 Å². The number of hydrazone groups is 1. The molecule has 158 valence electrons. The second kappa shape index (κ2) is 8.77. The Balaban J connectivity index is 1.44. The number of hydrogen-bond acceptors (Lipinski definition) is 5. The summed E-state index contributed by atoms with van der Waals surface area (Å²) in [6.07, 6.45) is 8.07. The van der Waals surface area contributed by atoms with E-state index < -0.39 is 0 Å². The van der Waals surface area contributed by atoms with Crippen molar-refractivity contribution in [3.63, 3.8) is 0 Å². The number of likely N-dealkylation sites (tertiary alicyclic amines) is 1. The average molecular weight is 440 g/mol. The van der Waals surface area contributed by atoms with Crippen LogP contribution in [0.25, 0.3) is 6.08 Å². The molecule has 0 unspecified atom stereocenters. The zero-order valence-corrected chi connectivity index (χ0v) is 19.1. The van der Waals surface area contributed by atoms with E-state index in [1.807, 2.05) is 5.01 Å². The molecule has 30 heavy (non-hydrogen) atoms. The first-order chi connectivity index (χ1) is 14.7. The number of carbonyl (C=O) groups is 1. The standard InChI is InChI=1S/C24H29N3OS2/c1-17-6-3-11-26(15-17)16-22(28)27-24(21-10-5-13-30-21)20-9-2-7-18(23(20)25-27)14-19-8-4-12-29-19/h4-5,8,10,12-14,17,20,24H,2-3,6-7,9,11,15-16H2,1H3/b18-14-/t17-,20-,24-/m1/s1. The third kappa shape index (κ3) is 4.05. The summed E-state index contributed by atoms with van der Waals surface area (Å²) in [6.45, 7) is 4.82. The van der Waals surface area contributed by atoms with E-state index in [0.717, 1.165) is 38.1 Å². The van der Waals surface area contributed by atoms with E-state index >= 15 is 0 Å². The highest BCUT2D eigenvalue weighted by Gasteiger charge is 2.44. The molecule has 3 atom stereocenters. The van der Waals surface area contributed by atoms with Crippen LogP contribution in [0.1, 0.15) is 54.8 Å². The quantitative estimate of drug-likeness (QED) is 0.616. The summed E-state index contributed by atoms with van der Waals surface area (Å²) in [5.41, 5.74) is 2.46. The Morgan fingerprint density at radius 1 is 1.20 bits per heavy atom. The van der Waals surface area contributed by atoms with Gasteiger partial charge in [-0.25, -0.2) is 5.01 Å². The van der Waals surface area contributed by atoms with Gasteiger partial charge in [0.25, 0.3) is 5.91 Å². The molecule has 0 aromatic carbocycles. The fourth-order valence-electron chi connectivity index (χ4n) is 5.18. The summed E-state index contributed by atoms with van der Waals surface area (Å²) in [6, 6.07) is 8.58. The fourth-order valence-corrected chi connectivity index (χ4v) is 6.74. The third-order valence-electron chi connectivity index (χ3n) is 6.55. The summed E-state index contributed by atoms with van der Waals surface area (Å²) in [7, 11) is 0. The van der Waals surface area contributed by atoms with Crippen LogP contribution >= 0.6 is 22.7 Å². The molecule has 0 bridgehead atoms. The highest BCUT2D eigenvalue weighted by Crippen LogP contribution is 2.45. The van der Waals surface area contributed by atoms with Crippen molar-refractivity contribution in [3.05, 3.63) is 50.4 Å². The van der Waals surface area contributed by atoms with E-state index in [1.54, 1.807) is 22.7 Å². The minimum atomic E-state index is 0.0572. The minimum Gasteiger partial charge on any atom is -0.294 e. The SMILES string of the molecule is C[C@@H]1CCCN(CC(=O)N2N=C3/C(=C\c4cccs4)CCC[C@H]3[C@@H]2c2cccs2)C1. The number of hydrogen-bond donors (Lipinski definition) is 0. The molecule has 0 spiro atoms. The Bertz CT molecular complexity index is 932. The van der Waals surface area contributed by atoms with Gasteiger partial charge < -0.3 is 0 Å². The summed E-state index contributed by atoms with van der Waals surface area (Å²) >= 11 is 3.52. The van der Waals surface area contributed by atoms with Gasteiger partial charge in [-0.1, -0.05) is 19.1 Å². The summed E-state index contributed by atoms with van der Waals surface area (Å²) in [5.74, 6) is 1.14. The molecule has 4 heterocycles. The molecule has 2 aromatic heterocycles. The molecule has 0 N–H and O–H groups in total. The van der Waals surface area contributed by atoms with Gasteiger partial charge in [0.2, 0.25) is 0 Å². The molecule has 0 radical (unpaired) electrons. The highest BCUT2D eigenvalue weighted by atomic mass is 32.1. The van der Waals surface area contributed by atoms with Gasteiger partial charge in [-0.05, 0) is 79.1 Å². The van der Waals surface area contributed by atoms with Gasteiger partial charge in [-0.2, -0.15) is 5.10 Å². The molecule has 2 aliphatic heterocycles. The van der Waals surface area contributed by atoms with Crippen molar-refractivity contribution in [3.8, 4) is 0 Å². The van der Waals surface area contributed by atoms with Crippen LogP contribution in [-0.4, -0.2) is 41.2 Å². The molecule has 1 aliphatic carbocycles. The number of carbonyl (C=O) groups excluding carboxylic acids is 1. The molecule has 3 aliphatic rings. The van der Waals surface area contributed by atoms with Crippen LogP contribution in [0.2, 0.25) is 0 Å². The molecule has 5 rings (SSSR count). The molecule has 2 aromatic rings. The van der Waals surface area contributed by atoms with Crippen LogP contribution in [0, 0.1) is 11.8 Å². The molecule has 2 fully saturated rings. The van der Waals surface area contributed by atoms with E-state index in [4.69, 9.17) is 5.10 Å². The lowest BCUT2D eigenvalue weighted by Gasteiger charge is -2.33. The first-order valence-corrected chi connectivity index (χ1v) is 12.9. The smallest absolute Gasteiger partial charge is 0.257 e. The number of rotatable bonds is 4. The molecule has 1 saturated carbocycles. The zero-order valence-electron chi connectivity index (χ0n) is 17.5. The monoisotopic (exact) mass is 439 g/mol. The molecule has 1 amide bonds. The van der Waals surface area contributed by atoms with Crippen molar-refractivity contribution in [1.82, 2.24) is 9.91 Å². The van der Waals surface area contributed by atoms with Crippen molar-refractivity contribution in [2.75, 3.05) is 19.6 Å². The van der Waals surface area contributed by atoms with Gasteiger partial charge >= 0.3 is 0 Å². The number of fused-ring (bicyclic) bond motifs is 1. The second-order valence-corrected chi connectivity index (χ2v) is 10.8. The number of thiophene rings is 2. The Morgan fingerprint density at radius 2 is 2.07 bits per heavy atom. The second-order valence-electron chi connectivity index (χ2n) is 8.85. The largest absolute Gasteiger partial charge is 0.294 e.